The van der Waals surface area contributed by atoms with Crippen LogP contribution in [0.4, 0.5) is 0 Å². The highest BCUT2D eigenvalue weighted by Crippen LogP contribution is 2.20. The lowest BCUT2D eigenvalue weighted by Gasteiger charge is -1.91. The molecule has 3 nitrogen and oxygen atoms in total. The van der Waals surface area contributed by atoms with E-state index in [0.29, 0.717) is 0 Å². The highest BCUT2D eigenvalue weighted by molar-refractivity contribution is 7.17. The van der Waals surface area contributed by atoms with E-state index in [1.807, 2.05) is 23.6 Å². The number of aromatic nitrogens is 3. The molecule has 0 aliphatic carbocycles. The van der Waals surface area contributed by atoms with E-state index in [-0.39, 0.29) is 0 Å². The lowest BCUT2D eigenvalue weighted by molar-refractivity contribution is 1.21. The molecule has 80 valence electrons. The van der Waals surface area contributed by atoms with Crippen molar-refractivity contribution in [3.63, 3.8) is 0 Å². The average Bonchev–Trinajstić information content (AvgIpc) is 2.86. The summed E-state index contributed by atoms with van der Waals surface area (Å²) in [5, 5.41) is 1.99. The van der Waals surface area contributed by atoms with Gasteiger partial charge in [0.2, 0.25) is 0 Å². The molecule has 0 N–H and O–H groups in total. The van der Waals surface area contributed by atoms with Crippen LogP contribution < -0.4 is 0 Å². The van der Waals surface area contributed by atoms with E-state index >= 15 is 0 Å². The zero-order valence-corrected chi connectivity index (χ0v) is 9.61. The Morgan fingerprint density at radius 2 is 2.12 bits per heavy atom. The Hall–Kier alpha value is -2.25. The molecule has 0 unspecified atom stereocenters. The number of fused-ring (bicyclic) bond motifs is 1. The van der Waals surface area contributed by atoms with Crippen LogP contribution in [0.5, 0.6) is 0 Å². The molecule has 3 heterocycles. The highest BCUT2D eigenvalue weighted by Gasteiger charge is 2.01. The molecule has 0 spiro atoms. The van der Waals surface area contributed by atoms with E-state index in [0.717, 1.165) is 21.5 Å². The first kappa shape index (κ1) is 9.94. The third kappa shape index (κ3) is 2.01. The Labute approximate surface area is 102 Å². The van der Waals surface area contributed by atoms with Crippen LogP contribution in [-0.2, 0) is 0 Å². The standard InChI is InChI=1S/C13H7N3S/c1-2-10(8-14-6-1)3-4-11-13-12(5-7-17-13)16-9-15-11/h1-2,5-9H. The predicted molar refractivity (Wildman–Crippen MR) is 67.6 cm³/mol. The molecule has 4 heteroatoms. The predicted octanol–water partition coefficient (Wildman–Crippen LogP) is 2.49. The number of nitrogens with zero attached hydrogens (tertiary/aromatic N) is 3. The van der Waals surface area contributed by atoms with Crippen LogP contribution in [0.25, 0.3) is 10.2 Å². The second kappa shape index (κ2) is 4.32. The second-order valence-corrected chi connectivity index (χ2v) is 4.27. The number of rotatable bonds is 0. The van der Waals surface area contributed by atoms with Crippen molar-refractivity contribution >= 4 is 21.6 Å². The number of pyridine rings is 1. The van der Waals surface area contributed by atoms with Gasteiger partial charge in [0, 0.05) is 18.0 Å². The zero-order valence-electron chi connectivity index (χ0n) is 8.79. The van der Waals surface area contributed by atoms with Crippen molar-refractivity contribution in [1.82, 2.24) is 15.0 Å². The molecule has 0 atom stereocenters. The van der Waals surface area contributed by atoms with E-state index in [4.69, 9.17) is 0 Å². The van der Waals surface area contributed by atoms with E-state index in [2.05, 4.69) is 26.8 Å². The summed E-state index contributed by atoms with van der Waals surface area (Å²) in [4.78, 5) is 12.4. The van der Waals surface area contributed by atoms with Gasteiger partial charge in [0.1, 0.15) is 12.0 Å². The topological polar surface area (TPSA) is 38.7 Å². The molecule has 0 amide bonds. The molecule has 0 saturated heterocycles. The van der Waals surface area contributed by atoms with Gasteiger partial charge in [-0.3, -0.25) is 4.98 Å². The highest BCUT2D eigenvalue weighted by atomic mass is 32.1. The summed E-state index contributed by atoms with van der Waals surface area (Å²) in [5.74, 6) is 6.11. The van der Waals surface area contributed by atoms with Gasteiger partial charge >= 0.3 is 0 Å². The number of hydrogen-bond acceptors (Lipinski definition) is 4. The van der Waals surface area contributed by atoms with Gasteiger partial charge in [-0.15, -0.1) is 11.3 Å². The summed E-state index contributed by atoms with van der Waals surface area (Å²) in [7, 11) is 0. The van der Waals surface area contributed by atoms with Gasteiger partial charge in [-0.05, 0) is 29.5 Å². The van der Waals surface area contributed by atoms with Gasteiger partial charge in [-0.1, -0.05) is 5.92 Å². The first-order chi connectivity index (χ1) is 8.43. The molecule has 0 saturated carbocycles. The van der Waals surface area contributed by atoms with Gasteiger partial charge in [0.25, 0.3) is 0 Å². The second-order valence-electron chi connectivity index (χ2n) is 3.35. The van der Waals surface area contributed by atoms with Crippen molar-refractivity contribution in [2.75, 3.05) is 0 Å². The van der Waals surface area contributed by atoms with Crippen molar-refractivity contribution < 1.29 is 0 Å². The minimum atomic E-state index is 0.772. The Morgan fingerprint density at radius 3 is 3.00 bits per heavy atom. The van der Waals surface area contributed by atoms with E-state index < -0.39 is 0 Å². The maximum absolute atomic E-state index is 4.20. The summed E-state index contributed by atoms with van der Waals surface area (Å²) in [6, 6.07) is 5.76. The Kier molecular flexibility index (Phi) is 2.53. The number of thiophene rings is 1. The van der Waals surface area contributed by atoms with Crippen LogP contribution in [0, 0.1) is 11.8 Å². The fraction of sp³-hybridized carbons (Fsp3) is 0. The summed E-state index contributed by atoms with van der Waals surface area (Å²) in [6.45, 7) is 0. The maximum Gasteiger partial charge on any atom is 0.134 e. The molecule has 0 radical (unpaired) electrons. The molecule has 0 bridgehead atoms. The summed E-state index contributed by atoms with van der Waals surface area (Å²) < 4.78 is 1.03. The van der Waals surface area contributed by atoms with Crippen LogP contribution in [0.3, 0.4) is 0 Å². The van der Waals surface area contributed by atoms with Crippen molar-refractivity contribution in [1.29, 1.82) is 0 Å². The molecule has 17 heavy (non-hydrogen) atoms. The quantitative estimate of drug-likeness (QED) is 0.564. The van der Waals surface area contributed by atoms with E-state index in [1.165, 1.54) is 0 Å². The fourth-order valence-electron chi connectivity index (χ4n) is 1.45. The third-order valence-electron chi connectivity index (χ3n) is 2.23. The summed E-state index contributed by atoms with van der Waals surface area (Å²) >= 11 is 1.61. The Morgan fingerprint density at radius 1 is 1.12 bits per heavy atom. The van der Waals surface area contributed by atoms with Crippen LogP contribution in [-0.4, -0.2) is 15.0 Å². The molecule has 0 aliphatic heterocycles. The van der Waals surface area contributed by atoms with E-state index in [1.54, 1.807) is 30.1 Å². The molecule has 3 aromatic rings. The minimum Gasteiger partial charge on any atom is -0.263 e. The van der Waals surface area contributed by atoms with Crippen LogP contribution >= 0.6 is 11.3 Å². The molecular weight excluding hydrogens is 230 g/mol. The third-order valence-corrected chi connectivity index (χ3v) is 3.14. The van der Waals surface area contributed by atoms with Crippen LogP contribution in [0.2, 0.25) is 0 Å². The largest absolute Gasteiger partial charge is 0.263 e. The van der Waals surface area contributed by atoms with Crippen LogP contribution in [0.15, 0.2) is 42.3 Å². The molecule has 0 aromatic carbocycles. The smallest absolute Gasteiger partial charge is 0.134 e. The first-order valence-electron chi connectivity index (χ1n) is 5.04. The molecule has 0 aliphatic rings. The normalized spacial score (nSPS) is 9.88. The van der Waals surface area contributed by atoms with Crippen molar-refractivity contribution in [2.24, 2.45) is 0 Å². The average molecular weight is 237 g/mol. The lowest BCUT2D eigenvalue weighted by atomic mass is 10.2. The van der Waals surface area contributed by atoms with Crippen LogP contribution in [0.1, 0.15) is 11.3 Å². The minimum absolute atomic E-state index is 0.772. The maximum atomic E-state index is 4.20. The van der Waals surface area contributed by atoms with Crippen molar-refractivity contribution in [3.05, 3.63) is 53.6 Å². The molecular formula is C13H7N3S. The Bertz CT molecular complexity index is 707. The van der Waals surface area contributed by atoms with E-state index in [9.17, 15) is 0 Å². The zero-order chi connectivity index (χ0) is 11.5. The van der Waals surface area contributed by atoms with Gasteiger partial charge in [0.05, 0.1) is 10.2 Å². The monoisotopic (exact) mass is 237 g/mol. The fourth-order valence-corrected chi connectivity index (χ4v) is 2.24. The first-order valence-corrected chi connectivity index (χ1v) is 5.92. The number of hydrogen-bond donors (Lipinski definition) is 0. The molecule has 3 aromatic heterocycles. The van der Waals surface area contributed by atoms with Gasteiger partial charge < -0.3 is 0 Å². The molecule has 3 rings (SSSR count). The summed E-state index contributed by atoms with van der Waals surface area (Å²) in [5.41, 5.74) is 2.60. The lowest BCUT2D eigenvalue weighted by Crippen LogP contribution is -1.84. The SMILES string of the molecule is C(#Cc1ncnc2ccsc12)c1cccnc1. The van der Waals surface area contributed by atoms with Gasteiger partial charge in [-0.2, -0.15) is 0 Å². The van der Waals surface area contributed by atoms with Crippen molar-refractivity contribution in [3.8, 4) is 11.8 Å². The Balaban J connectivity index is 2.06. The summed E-state index contributed by atoms with van der Waals surface area (Å²) in [6.07, 6.45) is 5.01. The van der Waals surface area contributed by atoms with Crippen molar-refractivity contribution in [2.45, 2.75) is 0 Å². The van der Waals surface area contributed by atoms with Gasteiger partial charge in [-0.25, -0.2) is 9.97 Å². The molecule has 0 fully saturated rings. The van der Waals surface area contributed by atoms with Gasteiger partial charge in [0.15, 0.2) is 0 Å².